The summed E-state index contributed by atoms with van der Waals surface area (Å²) in [7, 11) is 0. The van der Waals surface area contributed by atoms with Gasteiger partial charge in [0.2, 0.25) is 5.91 Å². The molecule has 1 N–H and O–H groups in total. The number of aryl methyl sites for hydroxylation is 1. The zero-order chi connectivity index (χ0) is 17.3. The molecule has 1 amide bonds. The average molecular weight is 347 g/mol. The molecule has 1 saturated carbocycles. The van der Waals surface area contributed by atoms with Gasteiger partial charge in [-0.25, -0.2) is 0 Å². The maximum atomic E-state index is 13.3. The molecule has 0 spiro atoms. The molecule has 138 valence electrons. The molecule has 3 aliphatic rings. The van der Waals surface area contributed by atoms with E-state index < -0.39 is 0 Å². The van der Waals surface area contributed by atoms with Crippen molar-refractivity contribution < 1.29 is 14.1 Å². The highest BCUT2D eigenvalue weighted by Crippen LogP contribution is 2.38. The number of amides is 1. The molecule has 25 heavy (non-hydrogen) atoms. The standard InChI is InChI=1S/C19H29N3O3/c1-14-10-16(25-21-14)11-15-12-24-13-17(15)20-18(23)19(6-2-3-7-19)22-8-4-5-9-22/h10,15,17H,2-9,11-13H2,1H3,(H,20,23)/t15-,17+/m1/s1. The zero-order valence-corrected chi connectivity index (χ0v) is 15.1. The minimum atomic E-state index is -0.271. The molecule has 1 aromatic rings. The molecule has 6 nitrogen and oxygen atoms in total. The molecular formula is C19H29N3O3. The predicted octanol–water partition coefficient (Wildman–Crippen LogP) is 2.07. The summed E-state index contributed by atoms with van der Waals surface area (Å²) in [5.74, 6) is 1.36. The Morgan fingerprint density at radius 2 is 2.04 bits per heavy atom. The molecule has 0 bridgehead atoms. The van der Waals surface area contributed by atoms with Crippen LogP contribution < -0.4 is 5.32 Å². The van der Waals surface area contributed by atoms with Gasteiger partial charge in [-0.15, -0.1) is 0 Å². The third-order valence-electron chi connectivity index (χ3n) is 6.22. The maximum Gasteiger partial charge on any atom is 0.240 e. The Hall–Kier alpha value is -1.40. The Labute approximate surface area is 149 Å². The van der Waals surface area contributed by atoms with E-state index in [1.165, 1.54) is 12.8 Å². The first-order chi connectivity index (χ1) is 12.2. The number of ether oxygens (including phenoxy) is 1. The summed E-state index contributed by atoms with van der Waals surface area (Å²) in [4.78, 5) is 15.7. The fraction of sp³-hybridized carbons (Fsp3) is 0.789. The summed E-state index contributed by atoms with van der Waals surface area (Å²) >= 11 is 0. The van der Waals surface area contributed by atoms with E-state index in [4.69, 9.17) is 9.26 Å². The van der Waals surface area contributed by atoms with Gasteiger partial charge in [-0.1, -0.05) is 18.0 Å². The van der Waals surface area contributed by atoms with Crippen LogP contribution in [0.4, 0.5) is 0 Å². The van der Waals surface area contributed by atoms with E-state index in [1.807, 2.05) is 13.0 Å². The fourth-order valence-corrected chi connectivity index (χ4v) is 4.82. The molecule has 2 aliphatic heterocycles. The van der Waals surface area contributed by atoms with Crippen LogP contribution >= 0.6 is 0 Å². The van der Waals surface area contributed by atoms with Gasteiger partial charge in [-0.05, 0) is 45.7 Å². The van der Waals surface area contributed by atoms with E-state index in [1.54, 1.807) is 0 Å². The summed E-state index contributed by atoms with van der Waals surface area (Å²) in [6, 6.07) is 2.04. The quantitative estimate of drug-likeness (QED) is 0.883. The summed E-state index contributed by atoms with van der Waals surface area (Å²) in [6.07, 6.45) is 7.51. The van der Waals surface area contributed by atoms with Crippen molar-refractivity contribution in [2.75, 3.05) is 26.3 Å². The maximum absolute atomic E-state index is 13.3. The number of nitrogens with zero attached hydrogens (tertiary/aromatic N) is 2. The van der Waals surface area contributed by atoms with E-state index in [0.717, 1.165) is 56.6 Å². The average Bonchev–Trinajstić information content (AvgIpc) is 3.35. The van der Waals surface area contributed by atoms with E-state index in [-0.39, 0.29) is 23.4 Å². The Kier molecular flexibility index (Phi) is 4.82. The monoisotopic (exact) mass is 347 g/mol. The number of hydrogen-bond acceptors (Lipinski definition) is 5. The molecular weight excluding hydrogens is 318 g/mol. The van der Waals surface area contributed by atoms with Crippen LogP contribution in [0.3, 0.4) is 0 Å². The van der Waals surface area contributed by atoms with Crippen LogP contribution in [-0.2, 0) is 16.0 Å². The van der Waals surface area contributed by atoms with Gasteiger partial charge >= 0.3 is 0 Å². The van der Waals surface area contributed by atoms with Crippen LogP contribution in [0.15, 0.2) is 10.6 Å². The SMILES string of the molecule is Cc1cc(C[C@@H]2COC[C@@H]2NC(=O)C2(N3CCCC3)CCCC2)on1. The highest BCUT2D eigenvalue weighted by Gasteiger charge is 2.48. The number of rotatable bonds is 5. The number of carbonyl (C=O) groups is 1. The van der Waals surface area contributed by atoms with Gasteiger partial charge in [0.1, 0.15) is 11.3 Å². The van der Waals surface area contributed by atoms with Crippen molar-refractivity contribution in [3.63, 3.8) is 0 Å². The van der Waals surface area contributed by atoms with Gasteiger partial charge in [0.25, 0.3) is 0 Å². The van der Waals surface area contributed by atoms with Gasteiger partial charge < -0.3 is 14.6 Å². The summed E-state index contributed by atoms with van der Waals surface area (Å²) in [5.41, 5.74) is 0.625. The smallest absolute Gasteiger partial charge is 0.240 e. The minimum Gasteiger partial charge on any atom is -0.379 e. The molecule has 1 aliphatic carbocycles. The van der Waals surface area contributed by atoms with Gasteiger partial charge in [-0.3, -0.25) is 9.69 Å². The molecule has 3 heterocycles. The highest BCUT2D eigenvalue weighted by atomic mass is 16.5. The second-order valence-electron chi connectivity index (χ2n) is 7.95. The van der Waals surface area contributed by atoms with Crippen molar-refractivity contribution in [1.82, 2.24) is 15.4 Å². The van der Waals surface area contributed by atoms with E-state index in [0.29, 0.717) is 13.2 Å². The van der Waals surface area contributed by atoms with Crippen molar-refractivity contribution in [3.8, 4) is 0 Å². The van der Waals surface area contributed by atoms with Crippen molar-refractivity contribution >= 4 is 5.91 Å². The molecule has 0 unspecified atom stereocenters. The number of nitrogens with one attached hydrogen (secondary N) is 1. The first-order valence-corrected chi connectivity index (χ1v) is 9.73. The number of likely N-dealkylation sites (tertiary alicyclic amines) is 1. The molecule has 2 atom stereocenters. The van der Waals surface area contributed by atoms with E-state index >= 15 is 0 Å². The molecule has 0 aromatic carbocycles. The van der Waals surface area contributed by atoms with Gasteiger partial charge in [0.15, 0.2) is 0 Å². The second-order valence-corrected chi connectivity index (χ2v) is 7.95. The van der Waals surface area contributed by atoms with Crippen LogP contribution in [0.1, 0.15) is 50.0 Å². The topological polar surface area (TPSA) is 67.6 Å². The van der Waals surface area contributed by atoms with Crippen molar-refractivity contribution in [2.24, 2.45) is 5.92 Å². The second kappa shape index (κ2) is 7.08. The lowest BCUT2D eigenvalue weighted by Gasteiger charge is -2.38. The van der Waals surface area contributed by atoms with Crippen LogP contribution in [0.5, 0.6) is 0 Å². The Morgan fingerprint density at radius 1 is 1.28 bits per heavy atom. The molecule has 1 aromatic heterocycles. The molecule has 2 saturated heterocycles. The first-order valence-electron chi connectivity index (χ1n) is 9.73. The summed E-state index contributed by atoms with van der Waals surface area (Å²) < 4.78 is 11.0. The molecule has 0 radical (unpaired) electrons. The molecule has 3 fully saturated rings. The highest BCUT2D eigenvalue weighted by molar-refractivity contribution is 5.87. The Bertz CT molecular complexity index is 603. The van der Waals surface area contributed by atoms with Crippen molar-refractivity contribution in [1.29, 1.82) is 0 Å². The third-order valence-corrected chi connectivity index (χ3v) is 6.22. The molecule has 6 heteroatoms. The van der Waals surface area contributed by atoms with Crippen LogP contribution in [0.2, 0.25) is 0 Å². The van der Waals surface area contributed by atoms with E-state index in [9.17, 15) is 4.79 Å². The minimum absolute atomic E-state index is 0.0676. The number of hydrogen-bond donors (Lipinski definition) is 1. The number of aromatic nitrogens is 1. The van der Waals surface area contributed by atoms with Gasteiger partial charge in [-0.2, -0.15) is 0 Å². The lowest BCUT2D eigenvalue weighted by atomic mass is 9.91. The molecule has 4 rings (SSSR count). The van der Waals surface area contributed by atoms with E-state index in [2.05, 4.69) is 15.4 Å². The van der Waals surface area contributed by atoms with Crippen LogP contribution in [0.25, 0.3) is 0 Å². The lowest BCUT2D eigenvalue weighted by molar-refractivity contribution is -0.133. The van der Waals surface area contributed by atoms with Crippen LogP contribution in [0, 0.1) is 12.8 Å². The Morgan fingerprint density at radius 3 is 2.72 bits per heavy atom. The van der Waals surface area contributed by atoms with Crippen molar-refractivity contribution in [2.45, 2.75) is 63.5 Å². The zero-order valence-electron chi connectivity index (χ0n) is 15.1. The fourth-order valence-electron chi connectivity index (χ4n) is 4.82. The Balaban J connectivity index is 1.43. The third kappa shape index (κ3) is 3.34. The van der Waals surface area contributed by atoms with Crippen LogP contribution in [-0.4, -0.2) is 53.8 Å². The predicted molar refractivity (Wildman–Crippen MR) is 93.2 cm³/mol. The summed E-state index contributed by atoms with van der Waals surface area (Å²) in [5, 5.41) is 7.31. The largest absolute Gasteiger partial charge is 0.379 e. The first kappa shape index (κ1) is 17.0. The summed E-state index contributed by atoms with van der Waals surface area (Å²) in [6.45, 7) is 5.32. The van der Waals surface area contributed by atoms with Gasteiger partial charge in [0, 0.05) is 18.4 Å². The normalized spacial score (nSPS) is 29.3. The lowest BCUT2D eigenvalue weighted by Crippen LogP contribution is -2.59. The van der Waals surface area contributed by atoms with Gasteiger partial charge in [0.05, 0.1) is 24.9 Å². The number of carbonyl (C=O) groups excluding carboxylic acids is 1. The van der Waals surface area contributed by atoms with Crippen molar-refractivity contribution in [3.05, 3.63) is 17.5 Å².